The summed E-state index contributed by atoms with van der Waals surface area (Å²) >= 11 is 0. The Hall–Kier alpha value is -2.04. The first-order valence-electron chi connectivity index (χ1n) is 6.75. The average molecular weight is 277 g/mol. The highest BCUT2D eigenvalue weighted by Gasteiger charge is 2.18. The zero-order valence-electron chi connectivity index (χ0n) is 12.3. The van der Waals surface area contributed by atoms with Crippen molar-refractivity contribution in [1.82, 2.24) is 4.90 Å². The number of rotatable bonds is 6. The van der Waals surface area contributed by atoms with Gasteiger partial charge >= 0.3 is 0 Å². The molecule has 5 nitrogen and oxygen atoms in total. The molecule has 0 atom stereocenters. The summed E-state index contributed by atoms with van der Waals surface area (Å²) < 4.78 is 0. The van der Waals surface area contributed by atoms with E-state index in [0.717, 1.165) is 5.56 Å². The van der Waals surface area contributed by atoms with Crippen molar-refractivity contribution in [2.75, 3.05) is 6.54 Å². The summed E-state index contributed by atoms with van der Waals surface area (Å²) in [5.41, 5.74) is 7.81. The normalized spacial score (nSPS) is 11.7. The summed E-state index contributed by atoms with van der Waals surface area (Å²) in [6.45, 7) is 6.01. The van der Waals surface area contributed by atoms with Gasteiger partial charge in [-0.2, -0.15) is 0 Å². The van der Waals surface area contributed by atoms with E-state index in [-0.39, 0.29) is 24.3 Å². The Bertz CT molecular complexity index is 484. The molecule has 0 aliphatic heterocycles. The zero-order valence-corrected chi connectivity index (χ0v) is 12.3. The van der Waals surface area contributed by atoms with Gasteiger partial charge in [-0.3, -0.25) is 4.79 Å². The summed E-state index contributed by atoms with van der Waals surface area (Å²) in [5, 5.41) is 11.5. The summed E-state index contributed by atoms with van der Waals surface area (Å²) in [6, 6.07) is 8.14. The van der Waals surface area contributed by atoms with E-state index in [2.05, 4.69) is 11.2 Å². The molecule has 110 valence electrons. The van der Waals surface area contributed by atoms with Crippen LogP contribution >= 0.6 is 0 Å². The molecule has 1 amide bonds. The second-order valence-electron chi connectivity index (χ2n) is 5.20. The summed E-state index contributed by atoms with van der Waals surface area (Å²) in [4.78, 5) is 13.8. The summed E-state index contributed by atoms with van der Waals surface area (Å²) in [5.74, 6) is 0.0516. The maximum atomic E-state index is 12.2. The highest BCUT2D eigenvalue weighted by Crippen LogP contribution is 2.09. The van der Waals surface area contributed by atoms with Crippen molar-refractivity contribution in [2.24, 2.45) is 10.9 Å². The van der Waals surface area contributed by atoms with Crippen LogP contribution in [0.2, 0.25) is 0 Å². The molecule has 0 aliphatic carbocycles. The fourth-order valence-electron chi connectivity index (χ4n) is 2.03. The molecule has 0 saturated heterocycles. The first-order valence-corrected chi connectivity index (χ1v) is 6.75. The van der Waals surface area contributed by atoms with Gasteiger partial charge < -0.3 is 15.8 Å². The van der Waals surface area contributed by atoms with Crippen molar-refractivity contribution in [3.63, 3.8) is 0 Å². The number of amidine groups is 1. The zero-order chi connectivity index (χ0) is 15.1. The van der Waals surface area contributed by atoms with Crippen LogP contribution in [-0.2, 0) is 11.2 Å². The minimum Gasteiger partial charge on any atom is -0.409 e. The average Bonchev–Trinajstić information content (AvgIpc) is 2.41. The predicted octanol–water partition coefficient (Wildman–Crippen LogP) is 1.91. The third-order valence-corrected chi connectivity index (χ3v) is 3.11. The van der Waals surface area contributed by atoms with E-state index >= 15 is 0 Å². The number of aryl methyl sites for hydroxylation is 2. The summed E-state index contributed by atoms with van der Waals surface area (Å²) in [6.07, 6.45) is 1.11. The topological polar surface area (TPSA) is 78.9 Å². The molecular weight excluding hydrogens is 254 g/mol. The molecule has 0 radical (unpaired) electrons. The van der Waals surface area contributed by atoms with E-state index in [9.17, 15) is 4.79 Å². The van der Waals surface area contributed by atoms with Gasteiger partial charge in [-0.25, -0.2) is 0 Å². The number of hydrogen-bond donors (Lipinski definition) is 2. The first-order chi connectivity index (χ1) is 9.43. The predicted molar refractivity (Wildman–Crippen MR) is 79.8 cm³/mol. The van der Waals surface area contributed by atoms with Gasteiger partial charge in [0, 0.05) is 12.5 Å². The van der Waals surface area contributed by atoms with Gasteiger partial charge in [-0.05, 0) is 32.8 Å². The first kappa shape index (κ1) is 16.0. The van der Waals surface area contributed by atoms with Gasteiger partial charge in [-0.15, -0.1) is 0 Å². The lowest BCUT2D eigenvalue weighted by molar-refractivity contribution is -0.132. The lowest BCUT2D eigenvalue weighted by atomic mass is 10.1. The van der Waals surface area contributed by atoms with E-state index in [1.54, 1.807) is 4.90 Å². The van der Waals surface area contributed by atoms with Crippen molar-refractivity contribution >= 4 is 11.7 Å². The third kappa shape index (κ3) is 4.91. The quantitative estimate of drug-likeness (QED) is 0.361. The Balaban J connectivity index is 2.62. The van der Waals surface area contributed by atoms with Gasteiger partial charge in [0.05, 0.1) is 6.54 Å². The molecule has 0 bridgehead atoms. The molecule has 1 aromatic carbocycles. The van der Waals surface area contributed by atoms with E-state index in [4.69, 9.17) is 10.9 Å². The van der Waals surface area contributed by atoms with Crippen LogP contribution in [0, 0.1) is 6.92 Å². The number of oxime groups is 1. The maximum Gasteiger partial charge on any atom is 0.223 e. The molecule has 0 aliphatic rings. The monoisotopic (exact) mass is 277 g/mol. The Morgan fingerprint density at radius 2 is 2.15 bits per heavy atom. The number of nitrogens with two attached hydrogens (primary N) is 1. The standard InChI is InChI=1S/C15H23N3O2/c1-11(2)18(10-14(16)17-20)15(19)8-7-13-6-4-5-12(3)9-13/h4-6,9,11,20H,7-8,10H2,1-3H3,(H2,16,17). The van der Waals surface area contributed by atoms with Gasteiger partial charge in [0.2, 0.25) is 5.91 Å². The fraction of sp³-hybridized carbons (Fsp3) is 0.467. The number of carbonyl (C=O) groups is 1. The van der Waals surface area contributed by atoms with E-state index in [1.165, 1.54) is 5.56 Å². The maximum absolute atomic E-state index is 12.2. The Morgan fingerprint density at radius 3 is 2.70 bits per heavy atom. The molecule has 5 heteroatoms. The van der Waals surface area contributed by atoms with E-state index in [0.29, 0.717) is 12.8 Å². The highest BCUT2D eigenvalue weighted by atomic mass is 16.4. The molecule has 0 spiro atoms. The van der Waals surface area contributed by atoms with Crippen LogP contribution in [-0.4, -0.2) is 34.4 Å². The number of hydrogen-bond acceptors (Lipinski definition) is 3. The second kappa shape index (κ2) is 7.53. The molecule has 1 aromatic rings. The van der Waals surface area contributed by atoms with Crippen LogP contribution in [0.3, 0.4) is 0 Å². The molecule has 1 rings (SSSR count). The lowest BCUT2D eigenvalue weighted by Gasteiger charge is -2.26. The van der Waals surface area contributed by atoms with Crippen LogP contribution in [0.25, 0.3) is 0 Å². The molecule has 0 heterocycles. The number of nitrogens with zero attached hydrogens (tertiary/aromatic N) is 2. The lowest BCUT2D eigenvalue weighted by Crippen LogP contribution is -2.43. The van der Waals surface area contributed by atoms with E-state index < -0.39 is 0 Å². The number of benzene rings is 1. The largest absolute Gasteiger partial charge is 0.409 e. The van der Waals surface area contributed by atoms with Crippen LogP contribution in [0.15, 0.2) is 29.4 Å². The Kier molecular flexibility index (Phi) is 6.03. The van der Waals surface area contributed by atoms with Crippen molar-refractivity contribution in [3.8, 4) is 0 Å². The molecule has 3 N–H and O–H groups in total. The number of amides is 1. The summed E-state index contributed by atoms with van der Waals surface area (Å²) in [7, 11) is 0. The molecular formula is C15H23N3O2. The smallest absolute Gasteiger partial charge is 0.223 e. The third-order valence-electron chi connectivity index (χ3n) is 3.11. The Labute approximate surface area is 120 Å². The Morgan fingerprint density at radius 1 is 1.45 bits per heavy atom. The van der Waals surface area contributed by atoms with E-state index in [1.807, 2.05) is 39.0 Å². The minimum atomic E-state index is 0.00751. The van der Waals surface area contributed by atoms with Crippen LogP contribution < -0.4 is 5.73 Å². The molecule has 0 fully saturated rings. The van der Waals surface area contributed by atoms with Gasteiger partial charge in [0.1, 0.15) is 0 Å². The van der Waals surface area contributed by atoms with Crippen LogP contribution in [0.1, 0.15) is 31.4 Å². The van der Waals surface area contributed by atoms with Gasteiger partial charge in [0.25, 0.3) is 0 Å². The molecule has 0 saturated carbocycles. The fourth-order valence-corrected chi connectivity index (χ4v) is 2.03. The van der Waals surface area contributed by atoms with Crippen molar-refractivity contribution in [3.05, 3.63) is 35.4 Å². The van der Waals surface area contributed by atoms with Gasteiger partial charge in [-0.1, -0.05) is 35.0 Å². The number of carbonyl (C=O) groups excluding carboxylic acids is 1. The van der Waals surface area contributed by atoms with Crippen molar-refractivity contribution in [2.45, 2.75) is 39.7 Å². The molecule has 0 unspecified atom stereocenters. The SMILES string of the molecule is Cc1cccc(CCC(=O)N(CC(N)=NO)C(C)C)c1. The van der Waals surface area contributed by atoms with Crippen LogP contribution in [0.5, 0.6) is 0 Å². The highest BCUT2D eigenvalue weighted by molar-refractivity contribution is 5.87. The van der Waals surface area contributed by atoms with Crippen molar-refractivity contribution < 1.29 is 10.0 Å². The molecule has 20 heavy (non-hydrogen) atoms. The second-order valence-corrected chi connectivity index (χ2v) is 5.20. The minimum absolute atomic E-state index is 0.00751. The van der Waals surface area contributed by atoms with Gasteiger partial charge in [0.15, 0.2) is 5.84 Å². The van der Waals surface area contributed by atoms with Crippen LogP contribution in [0.4, 0.5) is 0 Å². The molecule has 0 aromatic heterocycles. The van der Waals surface area contributed by atoms with Crippen molar-refractivity contribution in [1.29, 1.82) is 0 Å².